The highest BCUT2D eigenvalue weighted by Crippen LogP contribution is 2.49. The Bertz CT molecular complexity index is 866. The van der Waals surface area contributed by atoms with Crippen molar-refractivity contribution in [3.63, 3.8) is 0 Å². The first-order chi connectivity index (χ1) is 15.3. The Morgan fingerprint density at radius 2 is 1.45 bits per heavy atom. The highest BCUT2D eigenvalue weighted by atomic mass is 16.2. The van der Waals surface area contributed by atoms with Gasteiger partial charge in [-0.05, 0) is 74.1 Å². The number of nitrogens with one attached hydrogen (secondary N) is 1. The van der Waals surface area contributed by atoms with E-state index in [0.29, 0.717) is 23.8 Å². The number of fused-ring (bicyclic) bond motifs is 5. The van der Waals surface area contributed by atoms with Gasteiger partial charge in [0.25, 0.3) is 0 Å². The SMILES string of the molecule is O=C(NC1C2CCN(CC2)C1C(c1ccccc1)c1ccccc1)C1CC2CCC1C2. The number of carbonyl (C=O) groups excluding carboxylic acids is 1. The average Bonchev–Trinajstić information content (AvgIpc) is 3.47. The van der Waals surface area contributed by atoms with E-state index in [1.54, 1.807) is 0 Å². The lowest BCUT2D eigenvalue weighted by atomic mass is 9.70. The summed E-state index contributed by atoms with van der Waals surface area (Å²) in [5.74, 6) is 2.97. The molecule has 3 nitrogen and oxygen atoms in total. The van der Waals surface area contributed by atoms with Crippen molar-refractivity contribution >= 4 is 5.91 Å². The number of carbonyl (C=O) groups is 1. The van der Waals surface area contributed by atoms with E-state index in [0.717, 1.165) is 25.4 Å². The van der Waals surface area contributed by atoms with Gasteiger partial charge in [-0.3, -0.25) is 9.69 Å². The lowest BCUT2D eigenvalue weighted by Gasteiger charge is -2.54. The van der Waals surface area contributed by atoms with E-state index in [1.807, 2.05) is 0 Å². The Kier molecular flexibility index (Phi) is 5.10. The van der Waals surface area contributed by atoms with Crippen molar-refractivity contribution in [2.75, 3.05) is 13.1 Å². The molecule has 0 aromatic heterocycles. The van der Waals surface area contributed by atoms with Crippen molar-refractivity contribution in [2.45, 2.75) is 56.5 Å². The maximum Gasteiger partial charge on any atom is 0.223 e. The topological polar surface area (TPSA) is 32.3 Å². The number of piperidine rings is 3. The van der Waals surface area contributed by atoms with Crippen LogP contribution < -0.4 is 5.32 Å². The molecule has 3 heterocycles. The van der Waals surface area contributed by atoms with E-state index < -0.39 is 0 Å². The van der Waals surface area contributed by atoms with Crippen LogP contribution in [0.4, 0.5) is 0 Å². The van der Waals surface area contributed by atoms with E-state index in [1.165, 1.54) is 43.2 Å². The Morgan fingerprint density at radius 1 is 0.806 bits per heavy atom. The molecule has 31 heavy (non-hydrogen) atoms. The summed E-state index contributed by atoms with van der Waals surface area (Å²) < 4.78 is 0. The van der Waals surface area contributed by atoms with Crippen LogP contribution in [0.1, 0.15) is 55.6 Å². The second-order valence-electron chi connectivity index (χ2n) is 10.5. The molecule has 5 fully saturated rings. The van der Waals surface area contributed by atoms with Crippen LogP contribution in [0.5, 0.6) is 0 Å². The fourth-order valence-corrected chi connectivity index (χ4v) is 7.45. The van der Waals surface area contributed by atoms with E-state index >= 15 is 0 Å². The Labute approximate surface area is 186 Å². The quantitative estimate of drug-likeness (QED) is 0.760. The van der Waals surface area contributed by atoms with Gasteiger partial charge >= 0.3 is 0 Å². The second-order valence-corrected chi connectivity index (χ2v) is 10.5. The Morgan fingerprint density at radius 3 is 2.00 bits per heavy atom. The van der Waals surface area contributed by atoms with Crippen LogP contribution in [0, 0.1) is 23.7 Å². The number of rotatable bonds is 5. The summed E-state index contributed by atoms with van der Waals surface area (Å²) in [5.41, 5.74) is 2.73. The predicted molar refractivity (Wildman–Crippen MR) is 124 cm³/mol. The third-order valence-corrected chi connectivity index (χ3v) is 8.91. The molecule has 5 atom stereocenters. The first kappa shape index (κ1) is 19.5. The van der Waals surface area contributed by atoms with Gasteiger partial charge in [-0.2, -0.15) is 0 Å². The molecule has 1 amide bonds. The van der Waals surface area contributed by atoms with Crippen LogP contribution in [0.2, 0.25) is 0 Å². The fourth-order valence-electron chi connectivity index (χ4n) is 7.45. The molecule has 2 aromatic rings. The third-order valence-electron chi connectivity index (χ3n) is 8.91. The number of nitrogens with zero attached hydrogens (tertiary/aromatic N) is 1. The van der Waals surface area contributed by atoms with Crippen LogP contribution in [0.25, 0.3) is 0 Å². The number of hydrogen-bond acceptors (Lipinski definition) is 2. The van der Waals surface area contributed by atoms with Crippen LogP contribution in [-0.2, 0) is 4.79 Å². The van der Waals surface area contributed by atoms with Crippen molar-refractivity contribution in [1.82, 2.24) is 10.2 Å². The summed E-state index contributed by atoms with van der Waals surface area (Å²) in [6.45, 7) is 2.32. The van der Waals surface area contributed by atoms with Crippen LogP contribution in [0.3, 0.4) is 0 Å². The van der Waals surface area contributed by atoms with Gasteiger partial charge in [0.2, 0.25) is 5.91 Å². The third kappa shape index (κ3) is 3.51. The predicted octanol–water partition coefficient (Wildman–Crippen LogP) is 4.83. The summed E-state index contributed by atoms with van der Waals surface area (Å²) in [6, 6.07) is 22.5. The molecule has 0 spiro atoms. The fraction of sp³-hybridized carbons (Fsp3) is 0.536. The largest absolute Gasteiger partial charge is 0.351 e. The van der Waals surface area contributed by atoms with Crippen molar-refractivity contribution in [2.24, 2.45) is 23.7 Å². The van der Waals surface area contributed by atoms with Gasteiger partial charge in [0.1, 0.15) is 0 Å². The van der Waals surface area contributed by atoms with E-state index in [9.17, 15) is 4.79 Å². The first-order valence-electron chi connectivity index (χ1n) is 12.4. The van der Waals surface area contributed by atoms with Gasteiger partial charge in [-0.1, -0.05) is 67.1 Å². The Balaban J connectivity index is 1.34. The van der Waals surface area contributed by atoms with Crippen LogP contribution in [0.15, 0.2) is 60.7 Å². The van der Waals surface area contributed by atoms with Gasteiger partial charge in [-0.25, -0.2) is 0 Å². The zero-order valence-electron chi connectivity index (χ0n) is 18.3. The minimum Gasteiger partial charge on any atom is -0.351 e. The van der Waals surface area contributed by atoms with Crippen molar-refractivity contribution in [3.05, 3.63) is 71.8 Å². The lowest BCUT2D eigenvalue weighted by Crippen LogP contribution is -2.65. The van der Waals surface area contributed by atoms with Crippen LogP contribution >= 0.6 is 0 Å². The van der Waals surface area contributed by atoms with Gasteiger partial charge in [0, 0.05) is 23.9 Å². The summed E-state index contributed by atoms with van der Waals surface area (Å²) in [5, 5.41) is 3.67. The van der Waals surface area contributed by atoms with Gasteiger partial charge in [-0.15, -0.1) is 0 Å². The van der Waals surface area contributed by atoms with Gasteiger partial charge in [0.05, 0.1) is 0 Å². The molecule has 5 unspecified atom stereocenters. The Hall–Kier alpha value is -2.13. The summed E-state index contributed by atoms with van der Waals surface area (Å²) in [4.78, 5) is 16.2. The molecular formula is C28H34N2O. The summed E-state index contributed by atoms with van der Waals surface area (Å²) >= 11 is 0. The molecule has 0 radical (unpaired) electrons. The smallest absolute Gasteiger partial charge is 0.223 e. The van der Waals surface area contributed by atoms with Crippen molar-refractivity contribution < 1.29 is 4.79 Å². The summed E-state index contributed by atoms with van der Waals surface area (Å²) in [7, 11) is 0. The molecule has 3 saturated heterocycles. The number of benzene rings is 2. The normalized spacial score (nSPS) is 36.1. The molecule has 162 valence electrons. The standard InChI is InChI=1S/C28H34N2O/c31-28(24-18-19-11-12-23(24)17-19)29-26-22-13-15-30(16-14-22)27(26)25(20-7-3-1-4-8-20)21-9-5-2-6-10-21/h1-10,19,22-27H,11-18H2,(H,29,31). The molecule has 2 aromatic carbocycles. The lowest BCUT2D eigenvalue weighted by molar-refractivity contribution is -0.130. The highest BCUT2D eigenvalue weighted by molar-refractivity contribution is 5.80. The molecule has 4 bridgehead atoms. The van der Waals surface area contributed by atoms with Crippen molar-refractivity contribution in [3.8, 4) is 0 Å². The number of hydrogen-bond donors (Lipinski definition) is 1. The van der Waals surface area contributed by atoms with Crippen LogP contribution in [-0.4, -0.2) is 36.0 Å². The molecule has 1 N–H and O–H groups in total. The molecule has 2 aliphatic carbocycles. The average molecular weight is 415 g/mol. The molecular weight excluding hydrogens is 380 g/mol. The zero-order chi connectivity index (χ0) is 20.8. The van der Waals surface area contributed by atoms with Crippen molar-refractivity contribution in [1.29, 1.82) is 0 Å². The molecule has 7 rings (SSSR count). The van der Waals surface area contributed by atoms with E-state index in [4.69, 9.17) is 0 Å². The highest BCUT2D eigenvalue weighted by Gasteiger charge is 2.49. The minimum atomic E-state index is 0.250. The second kappa shape index (κ2) is 8.09. The van der Waals surface area contributed by atoms with Gasteiger partial charge in [0.15, 0.2) is 0 Å². The van der Waals surface area contributed by atoms with E-state index in [-0.39, 0.29) is 17.9 Å². The monoisotopic (exact) mass is 414 g/mol. The molecule has 3 aliphatic heterocycles. The van der Waals surface area contributed by atoms with E-state index in [2.05, 4.69) is 70.9 Å². The number of amides is 1. The molecule has 2 saturated carbocycles. The minimum absolute atomic E-state index is 0.250. The maximum atomic E-state index is 13.5. The molecule has 3 heteroatoms. The molecule has 5 aliphatic rings. The van der Waals surface area contributed by atoms with Gasteiger partial charge < -0.3 is 5.32 Å². The first-order valence-corrected chi connectivity index (χ1v) is 12.4. The zero-order valence-corrected chi connectivity index (χ0v) is 18.3. The summed E-state index contributed by atoms with van der Waals surface area (Å²) in [6.07, 6.45) is 7.47. The maximum absolute atomic E-state index is 13.5.